The van der Waals surface area contributed by atoms with Gasteiger partial charge in [0, 0.05) is 17.1 Å². The predicted octanol–water partition coefficient (Wildman–Crippen LogP) is 5.34. The Morgan fingerprint density at radius 1 is 0.905 bits per heavy atom. The minimum Gasteiger partial charge on any atom is -0.256 e. The highest BCUT2D eigenvalue weighted by Crippen LogP contribution is 2.29. The van der Waals surface area contributed by atoms with Crippen molar-refractivity contribution in [3.8, 4) is 11.3 Å². The van der Waals surface area contributed by atoms with Crippen molar-refractivity contribution >= 4 is 10.8 Å². The molecule has 1 nitrogen and oxygen atoms in total. The second kappa shape index (κ2) is 4.96. The number of fused-ring (bicyclic) bond motifs is 1. The van der Waals surface area contributed by atoms with Gasteiger partial charge in [0.25, 0.3) is 0 Å². The Morgan fingerprint density at radius 2 is 1.62 bits per heavy atom. The van der Waals surface area contributed by atoms with E-state index in [1.54, 1.807) is 18.3 Å². The molecule has 3 aromatic rings. The molecule has 3 rings (SSSR count). The van der Waals surface area contributed by atoms with Gasteiger partial charge in [-0.25, -0.2) is 4.39 Å². The lowest BCUT2D eigenvalue weighted by Gasteiger charge is -2.19. The molecule has 0 N–H and O–H groups in total. The number of nitrogens with zero attached hydrogens (tertiary/aromatic N) is 1. The smallest absolute Gasteiger partial charge is 0.123 e. The molecule has 0 aliphatic carbocycles. The van der Waals surface area contributed by atoms with E-state index in [2.05, 4.69) is 50.0 Å². The molecule has 0 spiro atoms. The first kappa shape index (κ1) is 13.7. The van der Waals surface area contributed by atoms with Crippen molar-refractivity contribution in [2.75, 3.05) is 0 Å². The number of benzene rings is 2. The summed E-state index contributed by atoms with van der Waals surface area (Å²) in [4.78, 5) is 4.48. The van der Waals surface area contributed by atoms with Crippen molar-refractivity contribution in [2.24, 2.45) is 0 Å². The maximum atomic E-state index is 13.3. The molecule has 0 saturated carbocycles. The average molecular weight is 279 g/mol. The number of halogens is 1. The topological polar surface area (TPSA) is 12.9 Å². The fourth-order valence-electron chi connectivity index (χ4n) is 2.51. The number of rotatable bonds is 1. The molecule has 0 bridgehead atoms. The van der Waals surface area contributed by atoms with Crippen LogP contribution in [0.4, 0.5) is 4.39 Å². The minimum atomic E-state index is -0.220. The molecule has 21 heavy (non-hydrogen) atoms. The van der Waals surface area contributed by atoms with Gasteiger partial charge in [-0.15, -0.1) is 0 Å². The van der Waals surface area contributed by atoms with Crippen LogP contribution in [0, 0.1) is 5.82 Å². The zero-order chi connectivity index (χ0) is 15.0. The van der Waals surface area contributed by atoms with Gasteiger partial charge in [0.15, 0.2) is 0 Å². The molecule has 2 heteroatoms. The largest absolute Gasteiger partial charge is 0.256 e. The third kappa shape index (κ3) is 2.66. The van der Waals surface area contributed by atoms with Crippen LogP contribution in [0.1, 0.15) is 26.3 Å². The fourth-order valence-corrected chi connectivity index (χ4v) is 2.51. The van der Waals surface area contributed by atoms with Gasteiger partial charge in [-0.3, -0.25) is 4.98 Å². The van der Waals surface area contributed by atoms with Gasteiger partial charge in [-0.2, -0.15) is 0 Å². The first-order valence-electron chi connectivity index (χ1n) is 7.10. The Labute approximate surface area is 124 Å². The Morgan fingerprint density at radius 3 is 2.29 bits per heavy atom. The Bertz CT molecular complexity index is 783. The van der Waals surface area contributed by atoms with Crippen molar-refractivity contribution in [1.29, 1.82) is 0 Å². The molecule has 0 fully saturated rings. The number of aromatic nitrogens is 1. The van der Waals surface area contributed by atoms with Gasteiger partial charge in [-0.05, 0) is 40.6 Å². The van der Waals surface area contributed by atoms with Gasteiger partial charge in [-0.1, -0.05) is 45.0 Å². The van der Waals surface area contributed by atoms with Gasteiger partial charge >= 0.3 is 0 Å². The molecule has 0 unspecified atom stereocenters. The number of pyridine rings is 1. The van der Waals surface area contributed by atoms with E-state index < -0.39 is 0 Å². The van der Waals surface area contributed by atoms with E-state index in [1.807, 2.05) is 6.07 Å². The van der Waals surface area contributed by atoms with Gasteiger partial charge in [0.2, 0.25) is 0 Å². The van der Waals surface area contributed by atoms with Crippen LogP contribution in [0.15, 0.2) is 54.7 Å². The highest BCUT2D eigenvalue weighted by molar-refractivity contribution is 5.94. The molecule has 0 amide bonds. The third-order valence-corrected chi connectivity index (χ3v) is 3.75. The van der Waals surface area contributed by atoms with Crippen LogP contribution in [0.2, 0.25) is 0 Å². The third-order valence-electron chi connectivity index (χ3n) is 3.75. The molecule has 2 aromatic carbocycles. The summed E-state index contributed by atoms with van der Waals surface area (Å²) >= 11 is 0. The maximum Gasteiger partial charge on any atom is 0.123 e. The summed E-state index contributed by atoms with van der Waals surface area (Å²) in [6.07, 6.45) is 1.73. The molecule has 1 aromatic heterocycles. The highest BCUT2D eigenvalue weighted by atomic mass is 19.1. The minimum absolute atomic E-state index is 0.133. The van der Waals surface area contributed by atoms with Crippen molar-refractivity contribution in [2.45, 2.75) is 26.2 Å². The predicted molar refractivity (Wildman–Crippen MR) is 85.8 cm³/mol. The molecule has 0 saturated heterocycles. The average Bonchev–Trinajstić information content (AvgIpc) is 2.45. The zero-order valence-corrected chi connectivity index (χ0v) is 12.5. The van der Waals surface area contributed by atoms with Gasteiger partial charge in [0.05, 0.1) is 5.69 Å². The fraction of sp³-hybridized carbons (Fsp3) is 0.211. The van der Waals surface area contributed by atoms with Crippen molar-refractivity contribution in [3.05, 3.63) is 66.1 Å². The van der Waals surface area contributed by atoms with E-state index in [-0.39, 0.29) is 11.2 Å². The number of hydrogen-bond acceptors (Lipinski definition) is 1. The SMILES string of the molecule is CC(C)(C)c1ccc(-c2nccc3cc(F)ccc23)cc1. The van der Waals surface area contributed by atoms with Crippen LogP contribution in [0.5, 0.6) is 0 Å². The Hall–Kier alpha value is -2.22. The zero-order valence-electron chi connectivity index (χ0n) is 12.5. The van der Waals surface area contributed by atoms with Crippen LogP contribution in [-0.2, 0) is 5.41 Å². The normalized spacial score (nSPS) is 11.8. The van der Waals surface area contributed by atoms with Gasteiger partial charge < -0.3 is 0 Å². The first-order chi connectivity index (χ1) is 9.95. The van der Waals surface area contributed by atoms with Crippen molar-refractivity contribution in [3.63, 3.8) is 0 Å². The summed E-state index contributed by atoms with van der Waals surface area (Å²) in [5, 5.41) is 1.85. The summed E-state index contributed by atoms with van der Waals surface area (Å²) in [5.74, 6) is -0.220. The van der Waals surface area contributed by atoms with E-state index in [1.165, 1.54) is 11.6 Å². The number of hydrogen-bond donors (Lipinski definition) is 0. The second-order valence-electron chi connectivity index (χ2n) is 6.35. The molecule has 0 radical (unpaired) electrons. The monoisotopic (exact) mass is 279 g/mol. The van der Waals surface area contributed by atoms with Crippen molar-refractivity contribution < 1.29 is 4.39 Å². The van der Waals surface area contributed by atoms with E-state index >= 15 is 0 Å². The summed E-state index contributed by atoms with van der Waals surface area (Å²) < 4.78 is 13.3. The van der Waals surface area contributed by atoms with Crippen LogP contribution in [0.25, 0.3) is 22.0 Å². The summed E-state index contributed by atoms with van der Waals surface area (Å²) in [7, 11) is 0. The molecular weight excluding hydrogens is 261 g/mol. The summed E-state index contributed by atoms with van der Waals surface area (Å²) in [6.45, 7) is 6.59. The van der Waals surface area contributed by atoms with Gasteiger partial charge in [0.1, 0.15) is 5.82 Å². The molecule has 106 valence electrons. The Balaban J connectivity index is 2.12. The van der Waals surface area contributed by atoms with Crippen LogP contribution in [0.3, 0.4) is 0 Å². The highest BCUT2D eigenvalue weighted by Gasteiger charge is 2.14. The second-order valence-corrected chi connectivity index (χ2v) is 6.35. The van der Waals surface area contributed by atoms with Crippen LogP contribution < -0.4 is 0 Å². The lowest BCUT2D eigenvalue weighted by atomic mass is 9.86. The summed E-state index contributed by atoms with van der Waals surface area (Å²) in [6, 6.07) is 15.1. The molecule has 1 heterocycles. The lowest BCUT2D eigenvalue weighted by molar-refractivity contribution is 0.590. The van der Waals surface area contributed by atoms with E-state index in [0.717, 1.165) is 22.0 Å². The first-order valence-corrected chi connectivity index (χ1v) is 7.10. The van der Waals surface area contributed by atoms with Crippen LogP contribution >= 0.6 is 0 Å². The molecule has 0 aliphatic rings. The van der Waals surface area contributed by atoms with Crippen LogP contribution in [-0.4, -0.2) is 4.98 Å². The summed E-state index contributed by atoms with van der Waals surface area (Å²) in [5.41, 5.74) is 3.37. The quantitative estimate of drug-likeness (QED) is 0.586. The van der Waals surface area contributed by atoms with Crippen molar-refractivity contribution in [1.82, 2.24) is 4.98 Å². The lowest BCUT2D eigenvalue weighted by Crippen LogP contribution is -2.10. The maximum absolute atomic E-state index is 13.3. The van der Waals surface area contributed by atoms with E-state index in [9.17, 15) is 4.39 Å². The van der Waals surface area contributed by atoms with E-state index in [0.29, 0.717) is 0 Å². The molecule has 0 aliphatic heterocycles. The molecular formula is C19H18FN. The Kier molecular flexibility index (Phi) is 3.25. The molecule has 0 atom stereocenters. The van der Waals surface area contributed by atoms with E-state index in [4.69, 9.17) is 0 Å². The standard InChI is InChI=1S/C19H18FN/c1-19(2,3)15-6-4-13(5-7-15)18-17-9-8-16(20)12-14(17)10-11-21-18/h4-12H,1-3H3.